The minimum Gasteiger partial charge on any atom is -0.419 e. The van der Waals surface area contributed by atoms with Gasteiger partial charge in [0.15, 0.2) is 0 Å². The largest absolute Gasteiger partial charge is 0.419 e. The number of nitrogens with zero attached hydrogens (tertiary/aromatic N) is 6. The van der Waals surface area contributed by atoms with E-state index in [9.17, 15) is 0 Å². The maximum atomic E-state index is 5.81. The van der Waals surface area contributed by atoms with Crippen LogP contribution in [0.15, 0.2) is 35.0 Å². The number of hydrogen-bond donors (Lipinski definition) is 0. The molecule has 0 aliphatic heterocycles. The molecule has 0 atom stereocenters. The lowest BCUT2D eigenvalue weighted by Crippen LogP contribution is -2.00. The highest BCUT2D eigenvalue weighted by Crippen LogP contribution is 2.20. The van der Waals surface area contributed by atoms with Crippen molar-refractivity contribution in [3.63, 3.8) is 0 Å². The van der Waals surface area contributed by atoms with E-state index in [1.165, 1.54) is 11.0 Å². The molecule has 0 fully saturated rings. The van der Waals surface area contributed by atoms with Crippen molar-refractivity contribution < 1.29 is 4.42 Å². The molecule has 0 spiro atoms. The Morgan fingerprint density at radius 1 is 1.17 bits per heavy atom. The number of benzene rings is 1. The van der Waals surface area contributed by atoms with Gasteiger partial charge in [-0.05, 0) is 34.7 Å². The number of aromatic nitrogens is 6. The van der Waals surface area contributed by atoms with E-state index in [1.807, 2.05) is 12.1 Å². The average Bonchev–Trinajstić information content (AvgIpc) is 3.02. The summed E-state index contributed by atoms with van der Waals surface area (Å²) in [5.41, 5.74) is 0.815. The Morgan fingerprint density at radius 2 is 2.00 bits per heavy atom. The van der Waals surface area contributed by atoms with Crippen LogP contribution in [0.25, 0.3) is 11.5 Å². The topological polar surface area (TPSA) is 82.5 Å². The predicted octanol–water partition coefficient (Wildman–Crippen LogP) is 1.42. The van der Waals surface area contributed by atoms with E-state index < -0.39 is 0 Å². The van der Waals surface area contributed by atoms with Crippen LogP contribution >= 0.6 is 11.6 Å². The Labute approximate surface area is 106 Å². The van der Waals surface area contributed by atoms with Gasteiger partial charge in [0.2, 0.25) is 11.8 Å². The van der Waals surface area contributed by atoms with E-state index in [0.717, 1.165) is 5.56 Å². The van der Waals surface area contributed by atoms with Crippen LogP contribution in [0.5, 0.6) is 0 Å². The summed E-state index contributed by atoms with van der Waals surface area (Å²) < 4.78 is 7.00. The van der Waals surface area contributed by atoms with Crippen LogP contribution in [-0.2, 0) is 6.54 Å². The molecule has 3 rings (SSSR count). The highest BCUT2D eigenvalue weighted by Gasteiger charge is 2.09. The molecule has 2 heterocycles. The summed E-state index contributed by atoms with van der Waals surface area (Å²) >= 11 is 5.81. The maximum absolute atomic E-state index is 5.81. The average molecular weight is 263 g/mol. The van der Waals surface area contributed by atoms with Crippen molar-refractivity contribution >= 4 is 11.6 Å². The van der Waals surface area contributed by atoms with Crippen LogP contribution in [0.3, 0.4) is 0 Å². The number of tetrazole rings is 1. The minimum absolute atomic E-state index is 0.341. The Balaban J connectivity index is 1.83. The van der Waals surface area contributed by atoms with Gasteiger partial charge in [0, 0.05) is 10.6 Å². The van der Waals surface area contributed by atoms with Gasteiger partial charge in [-0.3, -0.25) is 0 Å². The smallest absolute Gasteiger partial charge is 0.247 e. The van der Waals surface area contributed by atoms with Crippen LogP contribution in [0, 0.1) is 0 Å². The third-order valence-electron chi connectivity index (χ3n) is 2.25. The fraction of sp³-hybridized carbons (Fsp3) is 0.100. The number of halogens is 1. The van der Waals surface area contributed by atoms with Gasteiger partial charge in [0.05, 0.1) is 0 Å². The molecular formula is C10H7ClN6O. The molecule has 0 unspecified atom stereocenters. The summed E-state index contributed by atoms with van der Waals surface area (Å²) in [7, 11) is 0. The molecule has 0 saturated carbocycles. The third-order valence-corrected chi connectivity index (χ3v) is 2.50. The first-order valence-electron chi connectivity index (χ1n) is 5.10. The molecule has 0 bridgehead atoms. The van der Waals surface area contributed by atoms with E-state index in [4.69, 9.17) is 16.0 Å². The van der Waals surface area contributed by atoms with E-state index >= 15 is 0 Å². The summed E-state index contributed by atoms with van der Waals surface area (Å²) in [6.45, 7) is 0.341. The molecule has 0 amide bonds. The van der Waals surface area contributed by atoms with Crippen LogP contribution in [0.4, 0.5) is 0 Å². The van der Waals surface area contributed by atoms with Crippen molar-refractivity contribution in [2.75, 3.05) is 0 Å². The SMILES string of the molecule is Clc1ccc(-c2nnc(Cn3cnnn3)o2)cc1. The minimum atomic E-state index is 0.341. The molecule has 18 heavy (non-hydrogen) atoms. The normalized spacial score (nSPS) is 10.7. The Hall–Kier alpha value is -2.28. The first kappa shape index (κ1) is 10.8. The summed E-state index contributed by atoms with van der Waals surface area (Å²) in [6, 6.07) is 7.16. The Kier molecular flexibility index (Phi) is 2.73. The quantitative estimate of drug-likeness (QED) is 0.710. The molecule has 7 nitrogen and oxygen atoms in total. The molecule has 0 saturated heterocycles. The monoisotopic (exact) mass is 262 g/mol. The predicted molar refractivity (Wildman–Crippen MR) is 61.7 cm³/mol. The van der Waals surface area contributed by atoms with Crippen LogP contribution < -0.4 is 0 Å². The second-order valence-corrected chi connectivity index (χ2v) is 3.95. The first-order chi connectivity index (χ1) is 8.81. The van der Waals surface area contributed by atoms with Gasteiger partial charge in [0.25, 0.3) is 0 Å². The summed E-state index contributed by atoms with van der Waals surface area (Å²) in [5, 5.41) is 19.3. The van der Waals surface area contributed by atoms with E-state index in [2.05, 4.69) is 25.7 Å². The molecular weight excluding hydrogens is 256 g/mol. The van der Waals surface area contributed by atoms with Gasteiger partial charge in [-0.1, -0.05) is 11.6 Å². The van der Waals surface area contributed by atoms with E-state index in [-0.39, 0.29) is 0 Å². The van der Waals surface area contributed by atoms with Crippen molar-refractivity contribution in [2.24, 2.45) is 0 Å². The molecule has 0 aliphatic rings. The van der Waals surface area contributed by atoms with E-state index in [1.54, 1.807) is 12.1 Å². The standard InChI is InChI=1S/C10H7ClN6O/c11-8-3-1-7(2-4-8)10-14-13-9(18-10)5-17-6-12-15-16-17/h1-4,6H,5H2. The molecule has 0 aliphatic carbocycles. The zero-order chi connectivity index (χ0) is 12.4. The lowest BCUT2D eigenvalue weighted by atomic mass is 10.2. The summed E-state index contributed by atoms with van der Waals surface area (Å²) in [4.78, 5) is 0. The molecule has 0 radical (unpaired) electrons. The summed E-state index contributed by atoms with van der Waals surface area (Å²) in [6.07, 6.45) is 1.48. The Morgan fingerprint density at radius 3 is 2.72 bits per heavy atom. The van der Waals surface area contributed by atoms with Crippen molar-refractivity contribution in [3.05, 3.63) is 41.5 Å². The van der Waals surface area contributed by atoms with Gasteiger partial charge in [-0.15, -0.1) is 15.3 Å². The zero-order valence-corrected chi connectivity index (χ0v) is 9.82. The third kappa shape index (κ3) is 2.21. The number of rotatable bonds is 3. The van der Waals surface area contributed by atoms with E-state index in [0.29, 0.717) is 23.3 Å². The second kappa shape index (κ2) is 4.53. The Bertz CT molecular complexity index is 633. The molecule has 2 aromatic heterocycles. The fourth-order valence-electron chi connectivity index (χ4n) is 1.42. The van der Waals surface area contributed by atoms with Crippen molar-refractivity contribution in [2.45, 2.75) is 6.54 Å². The molecule has 0 N–H and O–H groups in total. The molecule has 1 aromatic carbocycles. The van der Waals surface area contributed by atoms with Crippen LogP contribution in [0.1, 0.15) is 5.89 Å². The van der Waals surface area contributed by atoms with Gasteiger partial charge in [-0.2, -0.15) is 0 Å². The molecule has 3 aromatic rings. The van der Waals surface area contributed by atoms with Crippen molar-refractivity contribution in [1.29, 1.82) is 0 Å². The second-order valence-electron chi connectivity index (χ2n) is 3.52. The summed E-state index contributed by atoms with van der Waals surface area (Å²) in [5.74, 6) is 0.877. The van der Waals surface area contributed by atoms with Crippen molar-refractivity contribution in [1.82, 2.24) is 30.4 Å². The van der Waals surface area contributed by atoms with Gasteiger partial charge in [0.1, 0.15) is 12.9 Å². The maximum Gasteiger partial charge on any atom is 0.247 e. The zero-order valence-electron chi connectivity index (χ0n) is 9.06. The highest BCUT2D eigenvalue weighted by molar-refractivity contribution is 6.30. The van der Waals surface area contributed by atoms with Gasteiger partial charge < -0.3 is 4.42 Å². The lowest BCUT2D eigenvalue weighted by molar-refractivity contribution is 0.469. The van der Waals surface area contributed by atoms with Crippen LogP contribution in [-0.4, -0.2) is 30.4 Å². The van der Waals surface area contributed by atoms with Gasteiger partial charge in [-0.25, -0.2) is 4.68 Å². The fourth-order valence-corrected chi connectivity index (χ4v) is 1.54. The first-order valence-corrected chi connectivity index (χ1v) is 5.48. The molecule has 90 valence electrons. The number of hydrogen-bond acceptors (Lipinski definition) is 6. The van der Waals surface area contributed by atoms with Crippen molar-refractivity contribution in [3.8, 4) is 11.5 Å². The van der Waals surface area contributed by atoms with Gasteiger partial charge >= 0.3 is 0 Å². The lowest BCUT2D eigenvalue weighted by Gasteiger charge is -1.94. The highest BCUT2D eigenvalue weighted by atomic mass is 35.5. The molecule has 8 heteroatoms. The van der Waals surface area contributed by atoms with Crippen LogP contribution in [0.2, 0.25) is 5.02 Å².